The first-order chi connectivity index (χ1) is 15.2. The van der Waals surface area contributed by atoms with Gasteiger partial charge in [-0.15, -0.1) is 0 Å². The van der Waals surface area contributed by atoms with Crippen molar-refractivity contribution in [2.24, 2.45) is 5.92 Å². The largest absolute Gasteiger partial charge is 0.316 e. The molecule has 31 heavy (non-hydrogen) atoms. The molecule has 1 N–H and O–H groups in total. The summed E-state index contributed by atoms with van der Waals surface area (Å²) in [6.45, 7) is 2.92. The maximum absolute atomic E-state index is 6.52. The number of fused-ring (bicyclic) bond motifs is 1. The molecular formula is C24H23Cl2N5. The van der Waals surface area contributed by atoms with Crippen molar-refractivity contribution in [3.63, 3.8) is 0 Å². The number of nitrogens with one attached hydrogen (secondary N) is 1. The van der Waals surface area contributed by atoms with Crippen molar-refractivity contribution >= 4 is 34.4 Å². The highest BCUT2D eigenvalue weighted by Crippen LogP contribution is 2.30. The van der Waals surface area contributed by atoms with Crippen molar-refractivity contribution in [1.82, 2.24) is 24.8 Å². The number of imidazole rings is 1. The molecule has 1 saturated heterocycles. The summed E-state index contributed by atoms with van der Waals surface area (Å²) < 4.78 is 2.22. The van der Waals surface area contributed by atoms with Crippen LogP contribution in [-0.2, 0) is 19.4 Å². The molecule has 0 radical (unpaired) electrons. The Morgan fingerprint density at radius 1 is 1.00 bits per heavy atom. The molecule has 1 unspecified atom stereocenters. The molecule has 158 valence electrons. The second kappa shape index (κ2) is 8.95. The molecule has 5 nitrogen and oxygen atoms in total. The zero-order chi connectivity index (χ0) is 21.2. The lowest BCUT2D eigenvalue weighted by molar-refractivity contribution is 0.490. The normalized spacial score (nSPS) is 16.3. The fraction of sp³-hybridized carbons (Fsp3) is 0.292. The Morgan fingerprint density at radius 3 is 2.61 bits per heavy atom. The number of halogens is 2. The molecule has 0 spiro atoms. The minimum atomic E-state index is 0.547. The number of benzene rings is 2. The number of aromatic nitrogens is 4. The van der Waals surface area contributed by atoms with E-state index in [2.05, 4.69) is 14.9 Å². The van der Waals surface area contributed by atoms with E-state index in [1.807, 2.05) is 54.7 Å². The second-order valence-corrected chi connectivity index (χ2v) is 8.85. The van der Waals surface area contributed by atoms with Crippen LogP contribution in [0.15, 0.2) is 54.7 Å². The third-order valence-corrected chi connectivity index (χ3v) is 6.39. The molecule has 3 heterocycles. The first-order valence-electron chi connectivity index (χ1n) is 10.6. The van der Waals surface area contributed by atoms with Gasteiger partial charge in [0.15, 0.2) is 5.65 Å². The predicted molar refractivity (Wildman–Crippen MR) is 126 cm³/mol. The molecule has 0 bridgehead atoms. The van der Waals surface area contributed by atoms with Crippen LogP contribution >= 0.6 is 23.2 Å². The SMILES string of the molecule is Clc1ccc(CCc2ncc3nc(-c4ccccc4Cl)n(CC4CCNC4)c3n2)cc1. The van der Waals surface area contributed by atoms with E-state index in [1.165, 1.54) is 5.56 Å². The first-order valence-corrected chi connectivity index (χ1v) is 11.3. The maximum Gasteiger partial charge on any atom is 0.164 e. The monoisotopic (exact) mass is 451 g/mol. The van der Waals surface area contributed by atoms with E-state index in [1.54, 1.807) is 0 Å². The van der Waals surface area contributed by atoms with Crippen molar-refractivity contribution in [1.29, 1.82) is 0 Å². The Bertz CT molecular complexity index is 1200. The lowest BCUT2D eigenvalue weighted by Gasteiger charge is -2.14. The van der Waals surface area contributed by atoms with E-state index in [4.69, 9.17) is 33.2 Å². The summed E-state index contributed by atoms with van der Waals surface area (Å²) in [5.41, 5.74) is 3.82. The number of aryl methyl sites for hydroxylation is 2. The van der Waals surface area contributed by atoms with Gasteiger partial charge >= 0.3 is 0 Å². The molecule has 1 aliphatic heterocycles. The van der Waals surface area contributed by atoms with Gasteiger partial charge in [0.05, 0.1) is 11.2 Å². The molecule has 5 rings (SSSR count). The first kappa shape index (κ1) is 20.4. The lowest BCUT2D eigenvalue weighted by atomic mass is 10.1. The second-order valence-electron chi connectivity index (χ2n) is 8.01. The van der Waals surface area contributed by atoms with Gasteiger partial charge < -0.3 is 9.88 Å². The number of hydrogen-bond acceptors (Lipinski definition) is 4. The van der Waals surface area contributed by atoms with Gasteiger partial charge in [0.2, 0.25) is 0 Å². The maximum atomic E-state index is 6.52. The van der Waals surface area contributed by atoms with Gasteiger partial charge in [0.25, 0.3) is 0 Å². The van der Waals surface area contributed by atoms with Gasteiger partial charge in [-0.05, 0) is 61.7 Å². The van der Waals surface area contributed by atoms with Crippen LogP contribution in [0.1, 0.15) is 17.8 Å². The Kier molecular flexibility index (Phi) is 5.90. The molecule has 4 aromatic rings. The summed E-state index contributed by atoms with van der Waals surface area (Å²) in [4.78, 5) is 14.4. The van der Waals surface area contributed by atoms with Gasteiger partial charge in [-0.2, -0.15) is 0 Å². The molecule has 2 aromatic carbocycles. The quantitative estimate of drug-likeness (QED) is 0.437. The van der Waals surface area contributed by atoms with Gasteiger partial charge in [-0.25, -0.2) is 15.0 Å². The molecule has 1 aliphatic rings. The summed E-state index contributed by atoms with van der Waals surface area (Å²) in [5, 5.41) is 4.90. The van der Waals surface area contributed by atoms with Crippen LogP contribution in [-0.4, -0.2) is 32.6 Å². The fourth-order valence-corrected chi connectivity index (χ4v) is 4.48. The highest BCUT2D eigenvalue weighted by Gasteiger charge is 2.22. The van der Waals surface area contributed by atoms with E-state index >= 15 is 0 Å². The molecule has 0 aliphatic carbocycles. The van der Waals surface area contributed by atoms with Crippen LogP contribution in [0.25, 0.3) is 22.6 Å². The Balaban J connectivity index is 1.51. The molecule has 0 saturated carbocycles. The molecule has 0 amide bonds. The average molecular weight is 452 g/mol. The minimum absolute atomic E-state index is 0.547. The number of hydrogen-bond donors (Lipinski definition) is 1. The summed E-state index contributed by atoms with van der Waals surface area (Å²) in [5.74, 6) is 2.22. The molecular weight excluding hydrogens is 429 g/mol. The van der Waals surface area contributed by atoms with E-state index < -0.39 is 0 Å². The van der Waals surface area contributed by atoms with Crippen molar-refractivity contribution < 1.29 is 0 Å². The van der Waals surface area contributed by atoms with Gasteiger partial charge in [0, 0.05) is 23.6 Å². The van der Waals surface area contributed by atoms with Crippen molar-refractivity contribution in [2.75, 3.05) is 13.1 Å². The smallest absolute Gasteiger partial charge is 0.164 e. The molecule has 1 atom stereocenters. The van der Waals surface area contributed by atoms with Gasteiger partial charge in [-0.3, -0.25) is 0 Å². The van der Waals surface area contributed by atoms with Crippen molar-refractivity contribution in [3.8, 4) is 11.4 Å². The fourth-order valence-electron chi connectivity index (χ4n) is 4.13. The van der Waals surface area contributed by atoms with Crippen molar-refractivity contribution in [3.05, 3.63) is 76.2 Å². The molecule has 2 aromatic heterocycles. The van der Waals surface area contributed by atoms with Crippen LogP contribution in [0.4, 0.5) is 0 Å². The highest BCUT2D eigenvalue weighted by atomic mass is 35.5. The molecule has 7 heteroatoms. The van der Waals surface area contributed by atoms with Crippen LogP contribution in [0.3, 0.4) is 0 Å². The van der Waals surface area contributed by atoms with E-state index in [9.17, 15) is 0 Å². The van der Waals surface area contributed by atoms with E-state index in [-0.39, 0.29) is 0 Å². The summed E-state index contributed by atoms with van der Waals surface area (Å²) in [6.07, 6.45) is 4.61. The van der Waals surface area contributed by atoms with Gasteiger partial charge in [-0.1, -0.05) is 47.5 Å². The van der Waals surface area contributed by atoms with Crippen molar-refractivity contribution in [2.45, 2.75) is 25.8 Å². The number of rotatable bonds is 6. The Hall–Kier alpha value is -2.47. The van der Waals surface area contributed by atoms with Crippen LogP contribution < -0.4 is 5.32 Å². The Labute approximate surface area is 191 Å². The minimum Gasteiger partial charge on any atom is -0.316 e. The van der Waals surface area contributed by atoms with Gasteiger partial charge in [0.1, 0.15) is 17.2 Å². The zero-order valence-corrected chi connectivity index (χ0v) is 18.6. The third-order valence-electron chi connectivity index (χ3n) is 5.81. The highest BCUT2D eigenvalue weighted by molar-refractivity contribution is 6.33. The van der Waals surface area contributed by atoms with Crippen LogP contribution in [0, 0.1) is 5.92 Å². The summed E-state index contributed by atoms with van der Waals surface area (Å²) in [6, 6.07) is 15.8. The average Bonchev–Trinajstić information content (AvgIpc) is 3.42. The van der Waals surface area contributed by atoms with E-state index in [0.29, 0.717) is 10.9 Å². The summed E-state index contributed by atoms with van der Waals surface area (Å²) >= 11 is 12.5. The van der Waals surface area contributed by atoms with Crippen LogP contribution in [0.2, 0.25) is 10.0 Å². The zero-order valence-electron chi connectivity index (χ0n) is 17.1. The molecule has 1 fully saturated rings. The Morgan fingerprint density at radius 2 is 1.84 bits per heavy atom. The lowest BCUT2D eigenvalue weighted by Crippen LogP contribution is -2.16. The standard InChI is InChI=1S/C24H23Cl2N5/c25-18-8-5-16(6-9-18)7-10-22-28-14-21-24(30-22)31(15-17-11-12-27-13-17)23(29-21)19-3-1-2-4-20(19)26/h1-6,8-9,14,17,27H,7,10-13,15H2. The van der Waals surface area contributed by atoms with E-state index in [0.717, 1.165) is 72.3 Å². The predicted octanol–water partition coefficient (Wildman–Crippen LogP) is 5.19. The number of nitrogens with zero attached hydrogens (tertiary/aromatic N) is 4. The van der Waals surface area contributed by atoms with Crippen LogP contribution in [0.5, 0.6) is 0 Å². The topological polar surface area (TPSA) is 55.6 Å². The summed E-state index contributed by atoms with van der Waals surface area (Å²) in [7, 11) is 0. The third kappa shape index (κ3) is 4.45.